The van der Waals surface area contributed by atoms with Crippen molar-refractivity contribution in [2.45, 2.75) is 43.3 Å². The first-order valence-corrected chi connectivity index (χ1v) is 6.70. The number of nitrogen functional groups attached to an aromatic ring is 1. The van der Waals surface area contributed by atoms with Crippen LogP contribution in [0, 0.1) is 0 Å². The Bertz CT molecular complexity index is 365. The van der Waals surface area contributed by atoms with Crippen molar-refractivity contribution >= 4 is 17.4 Å². The van der Waals surface area contributed by atoms with Crippen molar-refractivity contribution in [3.63, 3.8) is 0 Å². The number of benzene rings is 1. The Balaban J connectivity index is 1.84. The molecule has 2 nitrogen and oxygen atoms in total. The van der Waals surface area contributed by atoms with E-state index in [1.807, 2.05) is 30.0 Å². The number of thioether (sulfide) groups is 1. The fourth-order valence-electron chi connectivity index (χ4n) is 1.99. The Kier molecular flexibility index (Phi) is 3.45. The van der Waals surface area contributed by atoms with Crippen LogP contribution in [-0.2, 0) is 4.74 Å². The lowest BCUT2D eigenvalue weighted by Crippen LogP contribution is -2.20. The third-order valence-electron chi connectivity index (χ3n) is 2.85. The van der Waals surface area contributed by atoms with Crippen LogP contribution in [0.15, 0.2) is 29.2 Å². The highest BCUT2D eigenvalue weighted by Gasteiger charge is 2.31. The molecule has 0 bridgehead atoms. The molecule has 88 valence electrons. The first-order chi connectivity index (χ1) is 7.55. The molecular formula is C13H19NOS. The van der Waals surface area contributed by atoms with Gasteiger partial charge < -0.3 is 10.5 Å². The molecular weight excluding hydrogens is 218 g/mol. The molecule has 0 spiro atoms. The van der Waals surface area contributed by atoms with Crippen LogP contribution in [0.2, 0.25) is 0 Å². The molecule has 1 atom stereocenters. The van der Waals surface area contributed by atoms with Crippen molar-refractivity contribution in [2.75, 3.05) is 11.5 Å². The number of nitrogens with two attached hydrogens (primary N) is 1. The smallest absolute Gasteiger partial charge is 0.0677 e. The molecule has 0 amide bonds. The summed E-state index contributed by atoms with van der Waals surface area (Å²) in [4.78, 5) is 1.23. The number of ether oxygens (including phenoxy) is 1. The van der Waals surface area contributed by atoms with Crippen molar-refractivity contribution in [1.29, 1.82) is 0 Å². The van der Waals surface area contributed by atoms with Gasteiger partial charge in [-0.05, 0) is 44.9 Å². The van der Waals surface area contributed by atoms with Gasteiger partial charge in [0.15, 0.2) is 0 Å². The zero-order valence-electron chi connectivity index (χ0n) is 9.90. The molecule has 3 heteroatoms. The van der Waals surface area contributed by atoms with E-state index in [2.05, 4.69) is 19.9 Å². The predicted molar refractivity (Wildman–Crippen MR) is 69.8 cm³/mol. The van der Waals surface area contributed by atoms with Crippen LogP contribution in [-0.4, -0.2) is 17.5 Å². The van der Waals surface area contributed by atoms with Crippen LogP contribution >= 0.6 is 11.8 Å². The van der Waals surface area contributed by atoms with Gasteiger partial charge in [0.05, 0.1) is 11.7 Å². The van der Waals surface area contributed by atoms with Gasteiger partial charge in [0.2, 0.25) is 0 Å². The van der Waals surface area contributed by atoms with Crippen LogP contribution < -0.4 is 5.73 Å². The molecule has 0 radical (unpaired) electrons. The van der Waals surface area contributed by atoms with E-state index in [4.69, 9.17) is 10.5 Å². The van der Waals surface area contributed by atoms with Gasteiger partial charge in [-0.1, -0.05) is 6.07 Å². The zero-order valence-corrected chi connectivity index (χ0v) is 10.7. The molecule has 0 aliphatic carbocycles. The summed E-state index contributed by atoms with van der Waals surface area (Å²) in [5.41, 5.74) is 6.64. The van der Waals surface area contributed by atoms with Gasteiger partial charge in [0.1, 0.15) is 0 Å². The second-order valence-electron chi connectivity index (χ2n) is 4.92. The van der Waals surface area contributed by atoms with Crippen LogP contribution in [0.5, 0.6) is 0 Å². The van der Waals surface area contributed by atoms with Crippen molar-refractivity contribution in [2.24, 2.45) is 0 Å². The number of hydrogen-bond acceptors (Lipinski definition) is 3. The summed E-state index contributed by atoms with van der Waals surface area (Å²) in [6.07, 6.45) is 2.72. The number of rotatable bonds is 3. The van der Waals surface area contributed by atoms with E-state index < -0.39 is 0 Å². The lowest BCUT2D eigenvalue weighted by molar-refractivity contribution is -0.00466. The van der Waals surface area contributed by atoms with Crippen LogP contribution in [0.1, 0.15) is 26.7 Å². The average Bonchev–Trinajstić information content (AvgIpc) is 2.56. The van der Waals surface area contributed by atoms with E-state index >= 15 is 0 Å². The van der Waals surface area contributed by atoms with Crippen LogP contribution in [0.4, 0.5) is 5.69 Å². The fourth-order valence-corrected chi connectivity index (χ4v) is 3.00. The monoisotopic (exact) mass is 237 g/mol. The molecule has 1 aromatic carbocycles. The van der Waals surface area contributed by atoms with Crippen LogP contribution in [0.3, 0.4) is 0 Å². The van der Waals surface area contributed by atoms with Crippen molar-refractivity contribution in [3.05, 3.63) is 24.3 Å². The fraction of sp³-hybridized carbons (Fsp3) is 0.538. The third kappa shape index (κ3) is 3.16. The molecule has 1 heterocycles. The lowest BCUT2D eigenvalue weighted by atomic mass is 10.1. The van der Waals surface area contributed by atoms with Gasteiger partial charge in [-0.25, -0.2) is 0 Å². The zero-order chi connectivity index (χ0) is 11.6. The summed E-state index contributed by atoms with van der Waals surface area (Å²) in [6, 6.07) is 8.03. The Morgan fingerprint density at radius 2 is 2.31 bits per heavy atom. The molecule has 1 aliphatic rings. The molecule has 1 aliphatic heterocycles. The maximum Gasteiger partial charge on any atom is 0.0677 e. The van der Waals surface area contributed by atoms with Gasteiger partial charge in [0.25, 0.3) is 0 Å². The Morgan fingerprint density at radius 1 is 1.50 bits per heavy atom. The summed E-state index contributed by atoms with van der Waals surface area (Å²) in [7, 11) is 0. The Morgan fingerprint density at radius 3 is 2.94 bits per heavy atom. The minimum atomic E-state index is 0.0704. The average molecular weight is 237 g/mol. The number of hydrogen-bond donors (Lipinski definition) is 1. The lowest BCUT2D eigenvalue weighted by Gasteiger charge is -2.19. The molecule has 1 saturated heterocycles. The van der Waals surface area contributed by atoms with Crippen LogP contribution in [0.25, 0.3) is 0 Å². The quantitative estimate of drug-likeness (QED) is 0.647. The highest BCUT2D eigenvalue weighted by atomic mass is 32.2. The molecule has 0 aromatic heterocycles. The van der Waals surface area contributed by atoms with E-state index in [1.54, 1.807) is 0 Å². The Hall–Kier alpha value is -0.670. The molecule has 0 saturated carbocycles. The van der Waals surface area contributed by atoms with E-state index in [0.717, 1.165) is 17.9 Å². The van der Waals surface area contributed by atoms with E-state index in [-0.39, 0.29) is 5.60 Å². The maximum atomic E-state index is 5.95. The molecule has 16 heavy (non-hydrogen) atoms. The largest absolute Gasteiger partial charge is 0.399 e. The summed E-state index contributed by atoms with van der Waals surface area (Å²) in [5, 5.41) is 0. The summed E-state index contributed by atoms with van der Waals surface area (Å²) < 4.78 is 5.95. The summed E-state index contributed by atoms with van der Waals surface area (Å²) in [6.45, 7) is 4.33. The van der Waals surface area contributed by atoms with Crippen molar-refractivity contribution in [3.8, 4) is 0 Å². The standard InChI is InChI=1S/C13H19NOS/c1-13(2)7-6-11(15-13)9-16-12-5-3-4-10(14)8-12/h3-5,8,11H,6-7,9,14H2,1-2H3. The molecule has 1 unspecified atom stereocenters. The normalized spacial score (nSPS) is 23.5. The van der Waals surface area contributed by atoms with Gasteiger partial charge in [-0.15, -0.1) is 11.8 Å². The van der Waals surface area contributed by atoms with Crippen molar-refractivity contribution < 1.29 is 4.74 Å². The Labute approximate surface area is 102 Å². The minimum absolute atomic E-state index is 0.0704. The predicted octanol–water partition coefficient (Wildman–Crippen LogP) is 3.32. The maximum absolute atomic E-state index is 5.95. The summed E-state index contributed by atoms with van der Waals surface area (Å²) in [5.74, 6) is 1.02. The third-order valence-corrected chi connectivity index (χ3v) is 3.97. The van der Waals surface area contributed by atoms with Gasteiger partial charge in [-0.2, -0.15) is 0 Å². The molecule has 2 N–H and O–H groups in total. The van der Waals surface area contributed by atoms with Gasteiger partial charge in [0, 0.05) is 16.3 Å². The van der Waals surface area contributed by atoms with E-state index in [9.17, 15) is 0 Å². The molecule has 1 aromatic rings. The SMILES string of the molecule is CC1(C)CCC(CSc2cccc(N)c2)O1. The first-order valence-electron chi connectivity index (χ1n) is 5.71. The second kappa shape index (κ2) is 4.68. The molecule has 2 rings (SSSR count). The van der Waals surface area contributed by atoms with E-state index in [0.29, 0.717) is 6.10 Å². The van der Waals surface area contributed by atoms with Crippen molar-refractivity contribution in [1.82, 2.24) is 0 Å². The van der Waals surface area contributed by atoms with Gasteiger partial charge >= 0.3 is 0 Å². The highest BCUT2D eigenvalue weighted by molar-refractivity contribution is 7.99. The minimum Gasteiger partial charge on any atom is -0.399 e. The second-order valence-corrected chi connectivity index (χ2v) is 6.02. The summed E-state index contributed by atoms with van der Waals surface area (Å²) >= 11 is 1.83. The van der Waals surface area contributed by atoms with E-state index in [1.165, 1.54) is 11.3 Å². The highest BCUT2D eigenvalue weighted by Crippen LogP contribution is 2.32. The van der Waals surface area contributed by atoms with Gasteiger partial charge in [-0.3, -0.25) is 0 Å². The number of anilines is 1. The molecule has 1 fully saturated rings. The topological polar surface area (TPSA) is 35.2 Å². The first kappa shape index (κ1) is 11.8.